The summed E-state index contributed by atoms with van der Waals surface area (Å²) in [6.07, 6.45) is 4.07. The summed E-state index contributed by atoms with van der Waals surface area (Å²) < 4.78 is 7.35. The molecule has 0 amide bonds. The predicted octanol–water partition coefficient (Wildman–Crippen LogP) is 1.22. The van der Waals surface area contributed by atoms with E-state index in [2.05, 4.69) is 28.8 Å². The maximum atomic E-state index is 5.73. The van der Waals surface area contributed by atoms with Crippen molar-refractivity contribution in [1.82, 2.24) is 19.5 Å². The highest BCUT2D eigenvalue weighted by Gasteiger charge is 2.17. The van der Waals surface area contributed by atoms with E-state index in [0.29, 0.717) is 11.3 Å². The molecule has 0 aliphatic rings. The highest BCUT2D eigenvalue weighted by Crippen LogP contribution is 2.18. The lowest BCUT2D eigenvalue weighted by atomic mass is 10.1. The average Bonchev–Trinajstić information content (AvgIpc) is 2.71. The van der Waals surface area contributed by atoms with Crippen LogP contribution < -0.4 is 5.73 Å². The molecule has 17 heavy (non-hydrogen) atoms. The van der Waals surface area contributed by atoms with Crippen LogP contribution in [0.15, 0.2) is 12.7 Å². The summed E-state index contributed by atoms with van der Waals surface area (Å²) >= 11 is 0. The molecular formula is C11H17N5O. The van der Waals surface area contributed by atoms with Crippen molar-refractivity contribution in [1.29, 1.82) is 0 Å². The number of hydrogen-bond donors (Lipinski definition) is 1. The SMILES string of the molecule is COC(C)(C)CCn1cnc2c(N)ncnc21. The van der Waals surface area contributed by atoms with E-state index < -0.39 is 0 Å². The third kappa shape index (κ3) is 2.36. The zero-order chi connectivity index (χ0) is 12.5. The molecule has 2 aromatic rings. The van der Waals surface area contributed by atoms with Gasteiger partial charge in [0.05, 0.1) is 11.9 Å². The van der Waals surface area contributed by atoms with E-state index in [0.717, 1.165) is 18.6 Å². The first-order valence-electron chi connectivity index (χ1n) is 5.50. The number of rotatable bonds is 4. The molecular weight excluding hydrogens is 218 g/mol. The molecule has 0 unspecified atom stereocenters. The highest BCUT2D eigenvalue weighted by molar-refractivity contribution is 5.80. The molecule has 0 aromatic carbocycles. The molecule has 2 rings (SSSR count). The van der Waals surface area contributed by atoms with Crippen LogP contribution in [0.3, 0.4) is 0 Å². The Morgan fingerprint density at radius 2 is 2.12 bits per heavy atom. The van der Waals surface area contributed by atoms with Gasteiger partial charge in [-0.3, -0.25) is 0 Å². The first kappa shape index (κ1) is 11.8. The van der Waals surface area contributed by atoms with Gasteiger partial charge in [-0.05, 0) is 20.3 Å². The summed E-state index contributed by atoms with van der Waals surface area (Å²) in [5.41, 5.74) is 6.99. The number of anilines is 1. The van der Waals surface area contributed by atoms with Crippen molar-refractivity contribution < 1.29 is 4.74 Å². The zero-order valence-electron chi connectivity index (χ0n) is 10.3. The van der Waals surface area contributed by atoms with Crippen molar-refractivity contribution in [2.75, 3.05) is 12.8 Å². The second-order valence-electron chi connectivity index (χ2n) is 4.58. The van der Waals surface area contributed by atoms with Crippen LogP contribution >= 0.6 is 0 Å². The maximum absolute atomic E-state index is 5.73. The number of imidazole rings is 1. The van der Waals surface area contributed by atoms with E-state index in [-0.39, 0.29) is 5.60 Å². The summed E-state index contributed by atoms with van der Waals surface area (Å²) in [6, 6.07) is 0. The fraction of sp³-hybridized carbons (Fsp3) is 0.545. The molecule has 0 aliphatic carbocycles. The number of hydrogen-bond acceptors (Lipinski definition) is 5. The Hall–Kier alpha value is -1.69. The summed E-state index contributed by atoms with van der Waals surface area (Å²) in [5.74, 6) is 0.416. The Morgan fingerprint density at radius 1 is 1.35 bits per heavy atom. The Kier molecular flexibility index (Phi) is 2.97. The molecule has 0 fully saturated rings. The van der Waals surface area contributed by atoms with Crippen molar-refractivity contribution in [3.63, 3.8) is 0 Å². The second kappa shape index (κ2) is 4.29. The van der Waals surface area contributed by atoms with Crippen molar-refractivity contribution in [3.05, 3.63) is 12.7 Å². The van der Waals surface area contributed by atoms with Gasteiger partial charge in [0, 0.05) is 13.7 Å². The van der Waals surface area contributed by atoms with Crippen LogP contribution in [-0.4, -0.2) is 32.2 Å². The molecule has 0 radical (unpaired) electrons. The lowest BCUT2D eigenvalue weighted by Crippen LogP contribution is -2.24. The molecule has 0 bridgehead atoms. The van der Waals surface area contributed by atoms with E-state index in [9.17, 15) is 0 Å². The van der Waals surface area contributed by atoms with Crippen LogP contribution in [0.2, 0.25) is 0 Å². The summed E-state index contributed by atoms with van der Waals surface area (Å²) in [5, 5.41) is 0. The minimum Gasteiger partial charge on any atom is -0.382 e. The lowest BCUT2D eigenvalue weighted by Gasteiger charge is -2.22. The van der Waals surface area contributed by atoms with Crippen LogP contribution in [0.4, 0.5) is 5.82 Å². The first-order chi connectivity index (χ1) is 8.03. The first-order valence-corrected chi connectivity index (χ1v) is 5.50. The number of nitrogens with zero attached hydrogens (tertiary/aromatic N) is 4. The van der Waals surface area contributed by atoms with E-state index >= 15 is 0 Å². The van der Waals surface area contributed by atoms with Gasteiger partial charge >= 0.3 is 0 Å². The van der Waals surface area contributed by atoms with Gasteiger partial charge in [0.25, 0.3) is 0 Å². The Labute approximate surface area is 99.8 Å². The molecule has 6 nitrogen and oxygen atoms in total. The molecule has 0 spiro atoms. The molecule has 0 atom stereocenters. The van der Waals surface area contributed by atoms with Gasteiger partial charge < -0.3 is 15.0 Å². The number of nitrogen functional groups attached to an aromatic ring is 1. The summed E-state index contributed by atoms with van der Waals surface area (Å²) in [7, 11) is 1.71. The molecule has 6 heteroatoms. The third-order valence-corrected chi connectivity index (χ3v) is 2.94. The Balaban J connectivity index is 2.23. The smallest absolute Gasteiger partial charge is 0.165 e. The Morgan fingerprint density at radius 3 is 2.82 bits per heavy atom. The lowest BCUT2D eigenvalue weighted by molar-refractivity contribution is 0.0122. The fourth-order valence-corrected chi connectivity index (χ4v) is 1.55. The minimum atomic E-state index is -0.158. The van der Waals surface area contributed by atoms with Crippen molar-refractivity contribution in [2.45, 2.75) is 32.4 Å². The topological polar surface area (TPSA) is 78.9 Å². The standard InChI is InChI=1S/C11H17N5O/c1-11(2,17-3)4-5-16-7-15-8-9(12)13-6-14-10(8)16/h6-7H,4-5H2,1-3H3,(H2,12,13,14). The van der Waals surface area contributed by atoms with Gasteiger partial charge in [0.15, 0.2) is 11.5 Å². The average molecular weight is 235 g/mol. The monoisotopic (exact) mass is 235 g/mol. The number of ether oxygens (including phenoxy) is 1. The van der Waals surface area contributed by atoms with Crippen LogP contribution in [0, 0.1) is 0 Å². The third-order valence-electron chi connectivity index (χ3n) is 2.94. The normalized spacial score (nSPS) is 12.2. The molecule has 0 saturated heterocycles. The number of aromatic nitrogens is 4. The largest absolute Gasteiger partial charge is 0.382 e. The number of fused-ring (bicyclic) bond motifs is 1. The van der Waals surface area contributed by atoms with Gasteiger partial charge in [-0.25, -0.2) is 15.0 Å². The highest BCUT2D eigenvalue weighted by atomic mass is 16.5. The predicted molar refractivity (Wildman–Crippen MR) is 65.4 cm³/mol. The van der Waals surface area contributed by atoms with Gasteiger partial charge in [0.1, 0.15) is 11.8 Å². The number of aryl methyl sites for hydroxylation is 1. The summed E-state index contributed by atoms with van der Waals surface area (Å²) in [6.45, 7) is 4.89. The molecule has 2 heterocycles. The Bertz CT molecular complexity index is 520. The number of nitrogens with two attached hydrogens (primary N) is 1. The second-order valence-corrected chi connectivity index (χ2v) is 4.58. The minimum absolute atomic E-state index is 0.158. The van der Waals surface area contributed by atoms with Crippen LogP contribution in [0.25, 0.3) is 11.2 Å². The van der Waals surface area contributed by atoms with Gasteiger partial charge in [0.2, 0.25) is 0 Å². The van der Waals surface area contributed by atoms with E-state index in [1.165, 1.54) is 6.33 Å². The molecule has 92 valence electrons. The molecule has 2 N–H and O–H groups in total. The van der Waals surface area contributed by atoms with Crippen LogP contribution in [0.5, 0.6) is 0 Å². The van der Waals surface area contributed by atoms with Gasteiger partial charge in [-0.15, -0.1) is 0 Å². The van der Waals surface area contributed by atoms with Crippen molar-refractivity contribution in [3.8, 4) is 0 Å². The quantitative estimate of drug-likeness (QED) is 0.862. The van der Waals surface area contributed by atoms with Gasteiger partial charge in [-0.1, -0.05) is 0 Å². The van der Waals surface area contributed by atoms with Crippen molar-refractivity contribution >= 4 is 17.0 Å². The van der Waals surface area contributed by atoms with E-state index in [4.69, 9.17) is 10.5 Å². The molecule has 0 saturated carbocycles. The summed E-state index contributed by atoms with van der Waals surface area (Å²) in [4.78, 5) is 12.3. The van der Waals surface area contributed by atoms with Crippen LogP contribution in [0.1, 0.15) is 20.3 Å². The van der Waals surface area contributed by atoms with Crippen molar-refractivity contribution in [2.24, 2.45) is 0 Å². The molecule has 0 aliphatic heterocycles. The maximum Gasteiger partial charge on any atom is 0.165 e. The fourth-order valence-electron chi connectivity index (χ4n) is 1.55. The zero-order valence-corrected chi connectivity index (χ0v) is 10.3. The number of methoxy groups -OCH3 is 1. The van der Waals surface area contributed by atoms with Gasteiger partial charge in [-0.2, -0.15) is 0 Å². The van der Waals surface area contributed by atoms with Crippen LogP contribution in [-0.2, 0) is 11.3 Å². The van der Waals surface area contributed by atoms with E-state index in [1.807, 2.05) is 4.57 Å². The van der Waals surface area contributed by atoms with E-state index in [1.54, 1.807) is 13.4 Å². The molecule has 2 aromatic heterocycles.